The van der Waals surface area contributed by atoms with Gasteiger partial charge in [0.05, 0.1) is 0 Å². The van der Waals surface area contributed by atoms with E-state index in [4.69, 9.17) is 0 Å². The van der Waals surface area contributed by atoms with Gasteiger partial charge in [-0.25, -0.2) is 0 Å². The topological polar surface area (TPSA) is 12.0 Å². The summed E-state index contributed by atoms with van der Waals surface area (Å²) in [5, 5.41) is 3.71. The Labute approximate surface area is 89.7 Å². The first-order chi connectivity index (χ1) is 6.43. The average Bonchev–Trinajstić information content (AvgIpc) is 2.13. The second-order valence-electron chi connectivity index (χ2n) is 5.57. The first-order valence-corrected chi connectivity index (χ1v) is 6.18. The van der Waals surface area contributed by atoms with E-state index < -0.39 is 0 Å². The van der Waals surface area contributed by atoms with Crippen LogP contribution in [-0.2, 0) is 0 Å². The molecule has 1 rings (SSSR count). The molecule has 1 aliphatic carbocycles. The third-order valence-electron chi connectivity index (χ3n) is 4.94. The molecular weight excluding hydrogens is 170 g/mol. The molecule has 0 amide bonds. The largest absolute Gasteiger partial charge is 0.311 e. The van der Waals surface area contributed by atoms with Gasteiger partial charge in [-0.2, -0.15) is 0 Å². The second-order valence-corrected chi connectivity index (χ2v) is 5.57. The molecule has 0 heterocycles. The van der Waals surface area contributed by atoms with Crippen molar-refractivity contribution in [2.75, 3.05) is 6.54 Å². The van der Waals surface area contributed by atoms with Crippen molar-refractivity contribution in [3.05, 3.63) is 0 Å². The van der Waals surface area contributed by atoms with E-state index in [0.717, 1.165) is 30.2 Å². The fourth-order valence-corrected chi connectivity index (χ4v) is 3.22. The first-order valence-electron chi connectivity index (χ1n) is 6.18. The van der Waals surface area contributed by atoms with Gasteiger partial charge in [0.2, 0.25) is 0 Å². The fourth-order valence-electron chi connectivity index (χ4n) is 3.22. The predicted octanol–water partition coefficient (Wildman–Crippen LogP) is 3.30. The van der Waals surface area contributed by atoms with Crippen LogP contribution in [0, 0.1) is 23.7 Å². The molecular formula is C13H27N. The average molecular weight is 197 g/mol. The van der Waals surface area contributed by atoms with Crippen molar-refractivity contribution in [1.82, 2.24) is 5.32 Å². The maximum Gasteiger partial charge on any atom is 0.0207 e. The number of hydrogen-bond acceptors (Lipinski definition) is 1. The second kappa shape index (κ2) is 4.22. The van der Waals surface area contributed by atoms with Crippen molar-refractivity contribution >= 4 is 0 Å². The molecule has 0 bridgehead atoms. The molecule has 1 aliphatic rings. The maximum atomic E-state index is 3.71. The van der Waals surface area contributed by atoms with E-state index in [1.165, 1.54) is 6.42 Å². The summed E-state index contributed by atoms with van der Waals surface area (Å²) in [6.07, 6.45) is 1.37. The van der Waals surface area contributed by atoms with Crippen LogP contribution in [0.1, 0.15) is 48.0 Å². The van der Waals surface area contributed by atoms with Gasteiger partial charge in [0.15, 0.2) is 0 Å². The highest BCUT2D eigenvalue weighted by molar-refractivity contribution is 4.99. The molecule has 1 heteroatoms. The van der Waals surface area contributed by atoms with Gasteiger partial charge in [-0.1, -0.05) is 34.6 Å². The summed E-state index contributed by atoms with van der Waals surface area (Å²) in [4.78, 5) is 0. The summed E-state index contributed by atoms with van der Waals surface area (Å²) in [6.45, 7) is 15.4. The van der Waals surface area contributed by atoms with Gasteiger partial charge in [0.25, 0.3) is 0 Å². The van der Waals surface area contributed by atoms with Crippen LogP contribution >= 0.6 is 0 Å². The minimum atomic E-state index is 0.348. The summed E-state index contributed by atoms with van der Waals surface area (Å²) < 4.78 is 0. The molecule has 0 radical (unpaired) electrons. The lowest BCUT2D eigenvalue weighted by atomic mass is 9.60. The van der Waals surface area contributed by atoms with E-state index in [0.29, 0.717) is 5.54 Å². The predicted molar refractivity (Wildman–Crippen MR) is 63.4 cm³/mol. The van der Waals surface area contributed by atoms with E-state index in [1.807, 2.05) is 0 Å². The van der Waals surface area contributed by atoms with Crippen molar-refractivity contribution in [1.29, 1.82) is 0 Å². The van der Waals surface area contributed by atoms with Gasteiger partial charge in [0.1, 0.15) is 0 Å². The monoisotopic (exact) mass is 197 g/mol. The molecule has 14 heavy (non-hydrogen) atoms. The molecule has 1 saturated carbocycles. The highest BCUT2D eigenvalue weighted by Gasteiger charge is 2.44. The Kier molecular flexibility index (Phi) is 3.63. The summed E-state index contributed by atoms with van der Waals surface area (Å²) in [6, 6.07) is 0. The number of rotatable bonds is 2. The van der Waals surface area contributed by atoms with Crippen LogP contribution in [0.4, 0.5) is 0 Å². The van der Waals surface area contributed by atoms with Crippen LogP contribution in [0.2, 0.25) is 0 Å². The number of hydrogen-bond donors (Lipinski definition) is 1. The lowest BCUT2D eigenvalue weighted by Crippen LogP contribution is -2.58. The Bertz CT molecular complexity index is 190. The van der Waals surface area contributed by atoms with Crippen LogP contribution in [0.3, 0.4) is 0 Å². The molecule has 84 valence electrons. The Balaban J connectivity index is 2.82. The highest BCUT2D eigenvalue weighted by Crippen LogP contribution is 2.44. The van der Waals surface area contributed by atoms with Crippen LogP contribution in [-0.4, -0.2) is 12.1 Å². The van der Waals surface area contributed by atoms with Gasteiger partial charge in [-0.3, -0.25) is 0 Å². The van der Waals surface area contributed by atoms with Crippen molar-refractivity contribution in [3.63, 3.8) is 0 Å². The molecule has 5 atom stereocenters. The molecule has 0 spiro atoms. The standard InChI is InChI=1S/C13H27N/c1-7-14-13(6)10(3)8-9(2)11(4)12(13)5/h9-12,14H,7-8H2,1-6H3. The van der Waals surface area contributed by atoms with Gasteiger partial charge >= 0.3 is 0 Å². The SMILES string of the molecule is CCNC1(C)C(C)CC(C)C(C)C1C. The number of nitrogens with one attached hydrogen (secondary N) is 1. The minimum absolute atomic E-state index is 0.348. The zero-order valence-corrected chi connectivity index (χ0v) is 10.7. The summed E-state index contributed by atoms with van der Waals surface area (Å²) >= 11 is 0. The van der Waals surface area contributed by atoms with Crippen molar-refractivity contribution in [3.8, 4) is 0 Å². The lowest BCUT2D eigenvalue weighted by Gasteiger charge is -2.51. The summed E-state index contributed by atoms with van der Waals surface area (Å²) in [5.41, 5.74) is 0.348. The molecule has 1 fully saturated rings. The van der Waals surface area contributed by atoms with Gasteiger partial charge in [0, 0.05) is 5.54 Å². The van der Waals surface area contributed by atoms with Crippen molar-refractivity contribution in [2.24, 2.45) is 23.7 Å². The Morgan fingerprint density at radius 3 is 2.29 bits per heavy atom. The quantitative estimate of drug-likeness (QED) is 0.716. The molecule has 0 aromatic rings. The minimum Gasteiger partial charge on any atom is -0.311 e. The fraction of sp³-hybridized carbons (Fsp3) is 1.00. The van der Waals surface area contributed by atoms with Crippen LogP contribution in [0.15, 0.2) is 0 Å². The molecule has 0 aromatic heterocycles. The van der Waals surface area contributed by atoms with E-state index in [9.17, 15) is 0 Å². The van der Waals surface area contributed by atoms with Gasteiger partial charge < -0.3 is 5.32 Å². The van der Waals surface area contributed by atoms with Gasteiger partial charge in [-0.15, -0.1) is 0 Å². The first kappa shape index (κ1) is 12.0. The van der Waals surface area contributed by atoms with E-state index in [1.54, 1.807) is 0 Å². The molecule has 1 nitrogen and oxygen atoms in total. The van der Waals surface area contributed by atoms with Crippen molar-refractivity contribution in [2.45, 2.75) is 53.5 Å². The third kappa shape index (κ3) is 1.84. The van der Waals surface area contributed by atoms with Crippen LogP contribution in [0.5, 0.6) is 0 Å². The van der Waals surface area contributed by atoms with Crippen molar-refractivity contribution < 1.29 is 0 Å². The Morgan fingerprint density at radius 1 is 1.21 bits per heavy atom. The van der Waals surface area contributed by atoms with E-state index >= 15 is 0 Å². The van der Waals surface area contributed by atoms with Crippen LogP contribution < -0.4 is 5.32 Å². The summed E-state index contributed by atoms with van der Waals surface area (Å²) in [7, 11) is 0. The normalized spacial score (nSPS) is 49.3. The lowest BCUT2D eigenvalue weighted by molar-refractivity contribution is 0.0312. The molecule has 0 aromatic carbocycles. The molecule has 0 saturated heterocycles. The smallest absolute Gasteiger partial charge is 0.0207 e. The van der Waals surface area contributed by atoms with E-state index in [2.05, 4.69) is 46.9 Å². The molecule has 5 unspecified atom stereocenters. The maximum absolute atomic E-state index is 3.71. The molecule has 1 N–H and O–H groups in total. The zero-order chi connectivity index (χ0) is 10.9. The summed E-state index contributed by atoms with van der Waals surface area (Å²) in [5.74, 6) is 3.30. The Morgan fingerprint density at radius 2 is 1.79 bits per heavy atom. The molecule has 0 aliphatic heterocycles. The zero-order valence-electron chi connectivity index (χ0n) is 10.7. The van der Waals surface area contributed by atoms with Crippen LogP contribution in [0.25, 0.3) is 0 Å². The third-order valence-corrected chi connectivity index (χ3v) is 4.94. The van der Waals surface area contributed by atoms with Gasteiger partial charge in [-0.05, 0) is 43.6 Å². The highest BCUT2D eigenvalue weighted by atomic mass is 15.0. The van der Waals surface area contributed by atoms with E-state index in [-0.39, 0.29) is 0 Å². The Hall–Kier alpha value is -0.0400.